The second-order valence-electron chi connectivity index (χ2n) is 5.80. The van der Waals surface area contributed by atoms with E-state index < -0.39 is 0 Å². The summed E-state index contributed by atoms with van der Waals surface area (Å²) in [4.78, 5) is 0. The Bertz CT molecular complexity index is 438. The summed E-state index contributed by atoms with van der Waals surface area (Å²) < 4.78 is 13.9. The molecule has 0 saturated heterocycles. The molecule has 0 aliphatic heterocycles. The van der Waals surface area contributed by atoms with Crippen LogP contribution in [0.5, 0.6) is 0 Å². The van der Waals surface area contributed by atoms with Crippen LogP contribution in [0, 0.1) is 23.6 Å². The summed E-state index contributed by atoms with van der Waals surface area (Å²) in [5, 5.41) is 3.60. The van der Waals surface area contributed by atoms with Gasteiger partial charge in [0.05, 0.1) is 5.02 Å². The average molecular weight is 268 g/mol. The summed E-state index contributed by atoms with van der Waals surface area (Å²) >= 11 is 5.83. The molecule has 0 bridgehead atoms. The van der Waals surface area contributed by atoms with Crippen molar-refractivity contribution in [3.63, 3.8) is 0 Å². The number of nitrogens with one attached hydrogen (secondary N) is 1. The Kier molecular flexibility index (Phi) is 3.33. The zero-order valence-corrected chi connectivity index (χ0v) is 11.4. The number of benzene rings is 1. The van der Waals surface area contributed by atoms with Crippen LogP contribution in [0.3, 0.4) is 0 Å². The van der Waals surface area contributed by atoms with Crippen molar-refractivity contribution in [3.8, 4) is 0 Å². The van der Waals surface area contributed by atoms with Crippen LogP contribution in [0.15, 0.2) is 18.2 Å². The molecule has 1 nitrogen and oxygen atoms in total. The molecule has 2 fully saturated rings. The summed E-state index contributed by atoms with van der Waals surface area (Å²) in [6, 6.07) is 5.67. The van der Waals surface area contributed by atoms with Gasteiger partial charge in [0.25, 0.3) is 0 Å². The lowest BCUT2D eigenvalue weighted by Gasteiger charge is -2.24. The first-order valence-corrected chi connectivity index (χ1v) is 7.17. The SMILES string of the molecule is CNC(Cc1cccc(Cl)c1F)C1CC2CC2C1. The summed E-state index contributed by atoms with van der Waals surface area (Å²) in [5.74, 6) is 2.39. The molecule has 1 aromatic carbocycles. The molecule has 0 radical (unpaired) electrons. The van der Waals surface area contributed by atoms with Crippen LogP contribution in [0.4, 0.5) is 4.39 Å². The maximum Gasteiger partial charge on any atom is 0.145 e. The quantitative estimate of drug-likeness (QED) is 0.878. The Morgan fingerprint density at radius 2 is 2.06 bits per heavy atom. The number of halogens is 2. The molecule has 3 unspecified atom stereocenters. The van der Waals surface area contributed by atoms with Crippen molar-refractivity contribution in [3.05, 3.63) is 34.6 Å². The third-order valence-electron chi connectivity index (χ3n) is 4.69. The van der Waals surface area contributed by atoms with Gasteiger partial charge in [0, 0.05) is 6.04 Å². The van der Waals surface area contributed by atoms with E-state index in [1.165, 1.54) is 19.3 Å². The Morgan fingerprint density at radius 3 is 2.72 bits per heavy atom. The minimum atomic E-state index is -0.248. The second-order valence-corrected chi connectivity index (χ2v) is 6.21. The number of hydrogen-bond acceptors (Lipinski definition) is 1. The summed E-state index contributed by atoms with van der Waals surface area (Å²) in [7, 11) is 1.98. The van der Waals surface area contributed by atoms with Crippen molar-refractivity contribution in [2.75, 3.05) is 7.05 Å². The van der Waals surface area contributed by atoms with Crippen LogP contribution in [0.2, 0.25) is 5.02 Å². The fourth-order valence-electron chi connectivity index (χ4n) is 3.54. The lowest BCUT2D eigenvalue weighted by molar-refractivity contribution is 0.346. The van der Waals surface area contributed by atoms with Crippen molar-refractivity contribution in [1.29, 1.82) is 0 Å². The highest BCUT2D eigenvalue weighted by Crippen LogP contribution is 2.55. The van der Waals surface area contributed by atoms with Gasteiger partial charge in [-0.25, -0.2) is 4.39 Å². The Balaban J connectivity index is 1.71. The minimum Gasteiger partial charge on any atom is -0.316 e. The average Bonchev–Trinajstić information content (AvgIpc) is 2.98. The topological polar surface area (TPSA) is 12.0 Å². The molecule has 2 saturated carbocycles. The zero-order valence-electron chi connectivity index (χ0n) is 10.6. The Morgan fingerprint density at radius 1 is 1.33 bits per heavy atom. The fraction of sp³-hybridized carbons (Fsp3) is 0.600. The molecule has 3 rings (SSSR count). The van der Waals surface area contributed by atoms with E-state index in [0.717, 1.165) is 23.8 Å². The molecule has 0 aromatic heterocycles. The lowest BCUT2D eigenvalue weighted by atomic mass is 9.89. The minimum absolute atomic E-state index is 0.233. The predicted molar refractivity (Wildman–Crippen MR) is 72.3 cm³/mol. The Labute approximate surface area is 113 Å². The van der Waals surface area contributed by atoms with E-state index in [4.69, 9.17) is 11.6 Å². The van der Waals surface area contributed by atoms with Gasteiger partial charge in [0.15, 0.2) is 0 Å². The maximum atomic E-state index is 13.9. The molecule has 2 aliphatic carbocycles. The van der Waals surface area contributed by atoms with E-state index in [-0.39, 0.29) is 10.8 Å². The molecular formula is C15H19ClFN. The van der Waals surface area contributed by atoms with Crippen molar-refractivity contribution < 1.29 is 4.39 Å². The second kappa shape index (κ2) is 4.82. The van der Waals surface area contributed by atoms with Gasteiger partial charge < -0.3 is 5.32 Å². The van der Waals surface area contributed by atoms with Crippen molar-refractivity contribution >= 4 is 11.6 Å². The zero-order chi connectivity index (χ0) is 12.7. The van der Waals surface area contributed by atoms with E-state index in [0.29, 0.717) is 12.0 Å². The maximum absolute atomic E-state index is 13.9. The first-order valence-electron chi connectivity index (χ1n) is 6.79. The summed E-state index contributed by atoms with van der Waals surface area (Å²) in [5.41, 5.74) is 0.738. The molecular weight excluding hydrogens is 249 g/mol. The molecule has 1 N–H and O–H groups in total. The molecule has 98 valence electrons. The largest absolute Gasteiger partial charge is 0.316 e. The molecule has 0 heterocycles. The monoisotopic (exact) mass is 267 g/mol. The van der Waals surface area contributed by atoms with Crippen molar-refractivity contribution in [1.82, 2.24) is 5.32 Å². The number of fused-ring (bicyclic) bond motifs is 1. The molecule has 1 aromatic rings. The van der Waals surface area contributed by atoms with Gasteiger partial charge in [0.1, 0.15) is 5.82 Å². The van der Waals surface area contributed by atoms with E-state index in [9.17, 15) is 4.39 Å². The first kappa shape index (κ1) is 12.4. The third kappa shape index (κ3) is 2.28. The third-order valence-corrected chi connectivity index (χ3v) is 4.98. The molecule has 3 heteroatoms. The Hall–Kier alpha value is -0.600. The first-order chi connectivity index (χ1) is 8.69. The van der Waals surface area contributed by atoms with Crippen LogP contribution < -0.4 is 5.32 Å². The molecule has 18 heavy (non-hydrogen) atoms. The van der Waals surface area contributed by atoms with Gasteiger partial charge in [0.2, 0.25) is 0 Å². The highest BCUT2D eigenvalue weighted by Gasteiger charge is 2.47. The van der Waals surface area contributed by atoms with Crippen LogP contribution in [0.25, 0.3) is 0 Å². The smallest absolute Gasteiger partial charge is 0.145 e. The molecule has 2 aliphatic rings. The number of hydrogen-bond donors (Lipinski definition) is 1. The molecule has 0 spiro atoms. The van der Waals surface area contributed by atoms with E-state index in [1.54, 1.807) is 6.07 Å². The highest BCUT2D eigenvalue weighted by atomic mass is 35.5. The lowest BCUT2D eigenvalue weighted by Crippen LogP contribution is -2.35. The predicted octanol–water partition coefficient (Wildman–Crippen LogP) is 3.66. The standard InChI is InChI=1S/C15H19ClFN/c1-18-14(12-6-10-5-11(10)7-12)8-9-3-2-4-13(16)15(9)17/h2-4,10-12,14,18H,5-8H2,1H3. The van der Waals surface area contributed by atoms with E-state index >= 15 is 0 Å². The number of rotatable bonds is 4. The summed E-state index contributed by atoms with van der Waals surface area (Å²) in [6.45, 7) is 0. The normalized spacial score (nSPS) is 31.2. The van der Waals surface area contributed by atoms with Gasteiger partial charge in [-0.3, -0.25) is 0 Å². The van der Waals surface area contributed by atoms with E-state index in [2.05, 4.69) is 5.32 Å². The van der Waals surface area contributed by atoms with Gasteiger partial charge in [-0.15, -0.1) is 0 Å². The van der Waals surface area contributed by atoms with Crippen LogP contribution in [0.1, 0.15) is 24.8 Å². The van der Waals surface area contributed by atoms with Gasteiger partial charge in [-0.1, -0.05) is 23.7 Å². The van der Waals surface area contributed by atoms with Crippen molar-refractivity contribution in [2.24, 2.45) is 17.8 Å². The van der Waals surface area contributed by atoms with Crippen LogP contribution in [-0.4, -0.2) is 13.1 Å². The molecule has 0 amide bonds. The van der Waals surface area contributed by atoms with Gasteiger partial charge in [-0.05, 0) is 62.1 Å². The van der Waals surface area contributed by atoms with Gasteiger partial charge >= 0.3 is 0 Å². The summed E-state index contributed by atoms with van der Waals surface area (Å²) in [6.07, 6.45) is 4.81. The van der Waals surface area contributed by atoms with Crippen LogP contribution >= 0.6 is 11.6 Å². The van der Waals surface area contributed by atoms with Crippen molar-refractivity contribution in [2.45, 2.75) is 31.7 Å². The van der Waals surface area contributed by atoms with Gasteiger partial charge in [-0.2, -0.15) is 0 Å². The molecule has 3 atom stereocenters. The van der Waals surface area contributed by atoms with E-state index in [1.807, 2.05) is 19.2 Å². The fourth-order valence-corrected chi connectivity index (χ4v) is 3.73. The highest BCUT2D eigenvalue weighted by molar-refractivity contribution is 6.30. The number of likely N-dealkylation sites (N-methyl/N-ethyl adjacent to an activating group) is 1. The van der Waals surface area contributed by atoms with Crippen LogP contribution in [-0.2, 0) is 6.42 Å².